The second kappa shape index (κ2) is 7.54. The average molecular weight is 351 g/mol. The van der Waals surface area contributed by atoms with E-state index in [-0.39, 0.29) is 12.4 Å². The fourth-order valence-corrected chi connectivity index (χ4v) is 1.89. The number of nitrogens with one attached hydrogen (secondary N) is 1. The number of nitrogens with zero attached hydrogens (tertiary/aromatic N) is 1. The molecule has 0 aromatic heterocycles. The molecule has 4 nitrogen and oxygen atoms in total. The summed E-state index contributed by atoms with van der Waals surface area (Å²) in [5, 5.41) is 3.82. The van der Waals surface area contributed by atoms with Crippen LogP contribution >= 0.6 is 15.9 Å². The van der Waals surface area contributed by atoms with Crippen LogP contribution < -0.4 is 10.2 Å². The Morgan fingerprint density at radius 3 is 2.76 bits per heavy atom. The van der Waals surface area contributed by atoms with Gasteiger partial charge in [0.2, 0.25) is 0 Å². The summed E-state index contributed by atoms with van der Waals surface area (Å²) in [5.74, 6) is -0.335. The van der Waals surface area contributed by atoms with Crippen molar-refractivity contribution in [2.75, 3.05) is 6.61 Å². The van der Waals surface area contributed by atoms with E-state index in [4.69, 9.17) is 4.74 Å². The molecule has 0 fully saturated rings. The van der Waals surface area contributed by atoms with Crippen LogP contribution in [0, 0.1) is 5.82 Å². The minimum atomic E-state index is -0.398. The Labute approximate surface area is 129 Å². The van der Waals surface area contributed by atoms with E-state index >= 15 is 0 Å². The molecule has 0 aliphatic carbocycles. The highest BCUT2D eigenvalue weighted by molar-refractivity contribution is 9.10. The van der Waals surface area contributed by atoms with Gasteiger partial charge in [-0.25, -0.2) is 9.82 Å². The van der Waals surface area contributed by atoms with Gasteiger partial charge in [0.25, 0.3) is 5.91 Å². The molecule has 0 saturated carbocycles. The van der Waals surface area contributed by atoms with Gasteiger partial charge in [0.1, 0.15) is 11.6 Å². The lowest BCUT2D eigenvalue weighted by atomic mass is 10.2. The molecular formula is C15H12BrFN2O2. The maximum atomic E-state index is 12.7. The molecule has 108 valence electrons. The predicted molar refractivity (Wildman–Crippen MR) is 81.8 cm³/mol. The first-order valence-corrected chi connectivity index (χ1v) is 6.88. The van der Waals surface area contributed by atoms with Crippen LogP contribution in [0.1, 0.15) is 5.56 Å². The van der Waals surface area contributed by atoms with Crippen LogP contribution in [0.25, 0.3) is 0 Å². The minimum Gasteiger partial charge on any atom is -0.484 e. The van der Waals surface area contributed by atoms with Gasteiger partial charge in [0.15, 0.2) is 6.61 Å². The molecule has 1 amide bonds. The Morgan fingerprint density at radius 2 is 2.05 bits per heavy atom. The third-order valence-electron chi connectivity index (χ3n) is 2.44. The zero-order chi connectivity index (χ0) is 15.1. The highest BCUT2D eigenvalue weighted by Gasteiger charge is 2.01. The lowest BCUT2D eigenvalue weighted by Crippen LogP contribution is -2.24. The number of amides is 1. The molecule has 1 N–H and O–H groups in total. The van der Waals surface area contributed by atoms with Gasteiger partial charge in [-0.05, 0) is 42.0 Å². The Hall–Kier alpha value is -2.21. The summed E-state index contributed by atoms with van der Waals surface area (Å²) in [6.07, 6.45) is 1.53. The van der Waals surface area contributed by atoms with Gasteiger partial charge in [-0.1, -0.05) is 28.1 Å². The fourth-order valence-electron chi connectivity index (χ4n) is 1.48. The molecule has 21 heavy (non-hydrogen) atoms. The van der Waals surface area contributed by atoms with E-state index in [0.717, 1.165) is 10.0 Å². The van der Waals surface area contributed by atoms with Crippen molar-refractivity contribution in [3.05, 3.63) is 64.4 Å². The number of hydrogen-bond acceptors (Lipinski definition) is 3. The molecule has 2 rings (SSSR count). The van der Waals surface area contributed by atoms with E-state index in [0.29, 0.717) is 5.75 Å². The number of carbonyl (C=O) groups is 1. The molecule has 0 bridgehead atoms. The Morgan fingerprint density at radius 1 is 1.29 bits per heavy atom. The summed E-state index contributed by atoms with van der Waals surface area (Å²) in [7, 11) is 0. The molecule has 6 heteroatoms. The Balaban J connectivity index is 1.78. The zero-order valence-corrected chi connectivity index (χ0v) is 12.5. The standard InChI is InChI=1S/C15H12BrFN2O2/c16-12-3-1-2-11(8-12)9-18-19-15(20)10-21-14-6-4-13(17)5-7-14/h1-9H,10H2,(H,19,20)/b18-9+. The van der Waals surface area contributed by atoms with Crippen LogP contribution in [-0.2, 0) is 4.79 Å². The SMILES string of the molecule is O=C(COc1ccc(F)cc1)N/N=C/c1cccc(Br)c1. The smallest absolute Gasteiger partial charge is 0.277 e. The van der Waals surface area contributed by atoms with Crippen LogP contribution in [-0.4, -0.2) is 18.7 Å². The van der Waals surface area contributed by atoms with Gasteiger partial charge in [0.05, 0.1) is 6.21 Å². The first-order valence-electron chi connectivity index (χ1n) is 6.09. The van der Waals surface area contributed by atoms with E-state index in [1.807, 2.05) is 24.3 Å². The molecule has 0 aliphatic heterocycles. The molecule has 2 aromatic rings. The highest BCUT2D eigenvalue weighted by Crippen LogP contribution is 2.11. The summed E-state index contributed by atoms with van der Waals surface area (Å²) in [6.45, 7) is -0.193. The van der Waals surface area contributed by atoms with Crippen LogP contribution in [0.3, 0.4) is 0 Å². The summed E-state index contributed by atoms with van der Waals surface area (Å²) in [4.78, 5) is 11.5. The number of ether oxygens (including phenoxy) is 1. The van der Waals surface area contributed by atoms with Crippen molar-refractivity contribution in [3.8, 4) is 5.75 Å². The van der Waals surface area contributed by atoms with Crippen LogP contribution in [0.4, 0.5) is 4.39 Å². The third kappa shape index (κ3) is 5.35. The first kappa shape index (κ1) is 15.2. The quantitative estimate of drug-likeness (QED) is 0.665. The van der Waals surface area contributed by atoms with Crippen LogP contribution in [0.5, 0.6) is 5.75 Å². The fraction of sp³-hybridized carbons (Fsp3) is 0.0667. The molecular weight excluding hydrogens is 339 g/mol. The number of hydrazone groups is 1. The molecule has 0 unspecified atom stereocenters. The number of rotatable bonds is 5. The zero-order valence-electron chi connectivity index (χ0n) is 10.9. The lowest BCUT2D eigenvalue weighted by molar-refractivity contribution is -0.123. The first-order chi connectivity index (χ1) is 10.1. The molecule has 0 heterocycles. The maximum absolute atomic E-state index is 12.7. The molecule has 0 atom stereocenters. The van der Waals surface area contributed by atoms with Crippen molar-refractivity contribution in [1.29, 1.82) is 0 Å². The van der Waals surface area contributed by atoms with Gasteiger partial charge < -0.3 is 4.74 Å². The topological polar surface area (TPSA) is 50.7 Å². The van der Waals surface area contributed by atoms with E-state index < -0.39 is 5.91 Å². The number of benzene rings is 2. The molecule has 0 saturated heterocycles. The summed E-state index contributed by atoms with van der Waals surface area (Å²) < 4.78 is 18.8. The predicted octanol–water partition coefficient (Wildman–Crippen LogP) is 3.12. The molecule has 0 aliphatic rings. The highest BCUT2D eigenvalue weighted by atomic mass is 79.9. The van der Waals surface area contributed by atoms with Crippen molar-refractivity contribution in [2.45, 2.75) is 0 Å². The van der Waals surface area contributed by atoms with Crippen molar-refractivity contribution >= 4 is 28.1 Å². The third-order valence-corrected chi connectivity index (χ3v) is 2.93. The van der Waals surface area contributed by atoms with Gasteiger partial charge in [-0.2, -0.15) is 5.10 Å². The van der Waals surface area contributed by atoms with Gasteiger partial charge >= 0.3 is 0 Å². The van der Waals surface area contributed by atoms with Crippen LogP contribution in [0.2, 0.25) is 0 Å². The normalized spacial score (nSPS) is 10.6. The van der Waals surface area contributed by atoms with Crippen LogP contribution in [0.15, 0.2) is 58.1 Å². The van der Waals surface area contributed by atoms with E-state index in [1.165, 1.54) is 30.5 Å². The largest absolute Gasteiger partial charge is 0.484 e. The van der Waals surface area contributed by atoms with Gasteiger partial charge in [-0.15, -0.1) is 0 Å². The second-order valence-electron chi connectivity index (χ2n) is 4.09. The number of carbonyl (C=O) groups excluding carboxylic acids is 1. The minimum absolute atomic E-state index is 0.193. The van der Waals surface area contributed by atoms with E-state index in [2.05, 4.69) is 26.5 Å². The summed E-state index contributed by atoms with van der Waals surface area (Å²) in [6, 6.07) is 12.9. The van der Waals surface area contributed by atoms with E-state index in [9.17, 15) is 9.18 Å². The van der Waals surface area contributed by atoms with Crippen molar-refractivity contribution in [2.24, 2.45) is 5.10 Å². The second-order valence-corrected chi connectivity index (χ2v) is 5.01. The summed E-state index contributed by atoms with van der Waals surface area (Å²) >= 11 is 3.34. The van der Waals surface area contributed by atoms with E-state index in [1.54, 1.807) is 0 Å². The molecule has 2 aromatic carbocycles. The molecule has 0 spiro atoms. The Bertz CT molecular complexity index is 644. The van der Waals surface area contributed by atoms with Gasteiger partial charge in [-0.3, -0.25) is 4.79 Å². The number of hydrogen-bond donors (Lipinski definition) is 1. The maximum Gasteiger partial charge on any atom is 0.277 e. The lowest BCUT2D eigenvalue weighted by Gasteiger charge is -2.04. The van der Waals surface area contributed by atoms with Crippen molar-refractivity contribution < 1.29 is 13.9 Å². The number of halogens is 2. The Kier molecular flexibility index (Phi) is 5.45. The average Bonchev–Trinajstić information content (AvgIpc) is 2.47. The van der Waals surface area contributed by atoms with Crippen molar-refractivity contribution in [1.82, 2.24) is 5.43 Å². The summed E-state index contributed by atoms with van der Waals surface area (Å²) in [5.41, 5.74) is 3.20. The van der Waals surface area contributed by atoms with Crippen molar-refractivity contribution in [3.63, 3.8) is 0 Å². The molecule has 0 radical (unpaired) electrons. The van der Waals surface area contributed by atoms with Gasteiger partial charge in [0, 0.05) is 4.47 Å². The monoisotopic (exact) mass is 350 g/mol.